The number of carbonyl (C=O) groups excluding carboxylic acids is 2. The summed E-state index contributed by atoms with van der Waals surface area (Å²) in [6, 6.07) is 2.95. The van der Waals surface area contributed by atoms with Crippen molar-refractivity contribution in [2.24, 2.45) is 18.9 Å². The number of rotatable bonds is 6. The van der Waals surface area contributed by atoms with Crippen LogP contribution in [0.5, 0.6) is 0 Å². The molecule has 0 bridgehead atoms. The quantitative estimate of drug-likeness (QED) is 0.395. The third-order valence-corrected chi connectivity index (χ3v) is 5.38. The first kappa shape index (κ1) is 24.0. The second-order valence-electron chi connectivity index (χ2n) is 7.86. The molecule has 1 saturated carbocycles. The number of pyridine rings is 1. The smallest absolute Gasteiger partial charge is 0.413 e. The number of anilines is 2. The number of halogens is 4. The molecule has 2 amide bonds. The summed E-state index contributed by atoms with van der Waals surface area (Å²) >= 11 is 0. The third-order valence-electron chi connectivity index (χ3n) is 5.38. The number of amides is 2. The van der Waals surface area contributed by atoms with E-state index < -0.39 is 42.1 Å². The highest BCUT2D eigenvalue weighted by molar-refractivity contribution is 5.94. The van der Waals surface area contributed by atoms with Gasteiger partial charge in [-0.05, 0) is 25.5 Å². The van der Waals surface area contributed by atoms with E-state index in [1.807, 2.05) is 0 Å². The topological polar surface area (TPSA) is 124 Å². The molecule has 4 rings (SSSR count). The maximum absolute atomic E-state index is 13.8. The molecule has 14 heteroatoms. The SMILES string of the molecule is C[C@@H](OC(=O)Nc1c(-c2ncc(NC(=O)[C@@H]3CC3C(F)(F)F)cn2)cnn1C)c1cccnc1F. The predicted octanol–water partition coefficient (Wildman–Crippen LogP) is 3.86. The van der Waals surface area contributed by atoms with Crippen molar-refractivity contribution in [2.75, 3.05) is 10.6 Å². The van der Waals surface area contributed by atoms with Crippen molar-refractivity contribution < 1.29 is 31.9 Å². The average Bonchev–Trinajstić information content (AvgIpc) is 3.55. The minimum Gasteiger partial charge on any atom is -0.441 e. The fourth-order valence-electron chi connectivity index (χ4n) is 3.41. The molecule has 0 saturated heterocycles. The number of hydrogen-bond donors (Lipinski definition) is 2. The molecular formula is C21H19F4N7O3. The van der Waals surface area contributed by atoms with Crippen LogP contribution in [0, 0.1) is 17.8 Å². The molecule has 3 heterocycles. The number of carbonyl (C=O) groups is 2. The van der Waals surface area contributed by atoms with Crippen LogP contribution in [-0.4, -0.2) is 42.9 Å². The van der Waals surface area contributed by atoms with Gasteiger partial charge in [-0.15, -0.1) is 0 Å². The van der Waals surface area contributed by atoms with Crippen LogP contribution in [0.3, 0.4) is 0 Å². The van der Waals surface area contributed by atoms with E-state index in [9.17, 15) is 27.2 Å². The van der Waals surface area contributed by atoms with Gasteiger partial charge in [-0.3, -0.25) is 14.8 Å². The number of nitrogens with one attached hydrogen (secondary N) is 2. The maximum atomic E-state index is 13.8. The second-order valence-corrected chi connectivity index (χ2v) is 7.86. The highest BCUT2D eigenvalue weighted by Crippen LogP contribution is 2.50. The Morgan fingerprint density at radius 1 is 1.17 bits per heavy atom. The van der Waals surface area contributed by atoms with Crippen molar-refractivity contribution in [3.63, 3.8) is 0 Å². The molecule has 1 aliphatic carbocycles. The zero-order chi connectivity index (χ0) is 25.3. The minimum atomic E-state index is -4.41. The number of hydrogen-bond acceptors (Lipinski definition) is 7. The van der Waals surface area contributed by atoms with Crippen molar-refractivity contribution >= 4 is 23.5 Å². The van der Waals surface area contributed by atoms with Gasteiger partial charge >= 0.3 is 12.3 Å². The van der Waals surface area contributed by atoms with E-state index in [2.05, 4.69) is 30.7 Å². The van der Waals surface area contributed by atoms with E-state index in [0.717, 1.165) is 0 Å². The lowest BCUT2D eigenvalue weighted by Gasteiger charge is -2.15. The lowest BCUT2D eigenvalue weighted by Crippen LogP contribution is -2.20. The molecule has 1 fully saturated rings. The van der Waals surface area contributed by atoms with Crippen LogP contribution in [0.15, 0.2) is 36.9 Å². The molecule has 0 aromatic carbocycles. The second kappa shape index (κ2) is 9.27. The zero-order valence-corrected chi connectivity index (χ0v) is 18.4. The fourth-order valence-corrected chi connectivity index (χ4v) is 3.41. The van der Waals surface area contributed by atoms with E-state index in [4.69, 9.17) is 4.74 Å². The van der Waals surface area contributed by atoms with E-state index >= 15 is 0 Å². The van der Waals surface area contributed by atoms with Crippen molar-refractivity contribution in [2.45, 2.75) is 25.6 Å². The van der Waals surface area contributed by atoms with Crippen LogP contribution < -0.4 is 10.6 Å². The molecule has 1 unspecified atom stereocenters. The first-order chi connectivity index (χ1) is 16.5. The summed E-state index contributed by atoms with van der Waals surface area (Å²) < 4.78 is 58.4. The summed E-state index contributed by atoms with van der Waals surface area (Å²) in [5.74, 6) is -3.98. The van der Waals surface area contributed by atoms with E-state index in [-0.39, 0.29) is 29.3 Å². The monoisotopic (exact) mass is 493 g/mol. The maximum Gasteiger partial charge on any atom is 0.413 e. The largest absolute Gasteiger partial charge is 0.441 e. The van der Waals surface area contributed by atoms with Gasteiger partial charge in [-0.25, -0.2) is 19.7 Å². The number of ether oxygens (including phenoxy) is 1. The Bertz CT molecular complexity index is 1250. The van der Waals surface area contributed by atoms with Gasteiger partial charge in [0.05, 0.1) is 41.7 Å². The summed E-state index contributed by atoms with van der Waals surface area (Å²) in [5, 5.41) is 8.93. The molecule has 3 aromatic rings. The molecular weight excluding hydrogens is 474 g/mol. The third kappa shape index (κ3) is 5.36. The first-order valence-corrected chi connectivity index (χ1v) is 10.3. The molecule has 35 heavy (non-hydrogen) atoms. The van der Waals surface area contributed by atoms with Gasteiger partial charge in [0.1, 0.15) is 11.9 Å². The lowest BCUT2D eigenvalue weighted by molar-refractivity contribution is -0.153. The molecule has 3 atom stereocenters. The Labute approximate surface area is 195 Å². The molecule has 0 radical (unpaired) electrons. The molecule has 184 valence electrons. The van der Waals surface area contributed by atoms with E-state index in [0.29, 0.717) is 5.56 Å². The number of aromatic nitrogens is 5. The van der Waals surface area contributed by atoms with E-state index in [1.165, 1.54) is 48.5 Å². The molecule has 0 aliphatic heterocycles. The van der Waals surface area contributed by atoms with Gasteiger partial charge in [0.2, 0.25) is 11.9 Å². The summed E-state index contributed by atoms with van der Waals surface area (Å²) in [4.78, 5) is 36.1. The molecule has 3 aromatic heterocycles. The van der Waals surface area contributed by atoms with Gasteiger partial charge in [-0.1, -0.05) is 0 Å². The molecule has 1 aliphatic rings. The van der Waals surface area contributed by atoms with Crippen LogP contribution in [0.4, 0.5) is 33.9 Å². The molecule has 10 nitrogen and oxygen atoms in total. The summed E-state index contributed by atoms with van der Waals surface area (Å²) in [6.45, 7) is 1.48. The van der Waals surface area contributed by atoms with Crippen molar-refractivity contribution in [1.82, 2.24) is 24.7 Å². The van der Waals surface area contributed by atoms with Gasteiger partial charge in [0.15, 0.2) is 5.82 Å². The average molecular weight is 493 g/mol. The Hall–Kier alpha value is -4.10. The van der Waals surface area contributed by atoms with Gasteiger partial charge in [0, 0.05) is 18.8 Å². The summed E-state index contributed by atoms with van der Waals surface area (Å²) in [5.41, 5.74) is 0.528. The zero-order valence-electron chi connectivity index (χ0n) is 18.4. The lowest BCUT2D eigenvalue weighted by atomic mass is 10.2. The fraction of sp³-hybridized carbons (Fsp3) is 0.333. The summed E-state index contributed by atoms with van der Waals surface area (Å²) in [6.07, 6.45) is -1.36. The Kier molecular flexibility index (Phi) is 6.37. The highest BCUT2D eigenvalue weighted by Gasteiger charge is 2.58. The first-order valence-electron chi connectivity index (χ1n) is 10.3. The molecule has 0 spiro atoms. The standard InChI is InChI=1S/C21H19F4N7O3/c1-10(12-4-3-5-26-16(12)22)35-20(34)31-18-14(9-29-32(18)2)17-27-7-11(8-28-17)30-19(33)13-6-15(13)21(23,24)25/h3-5,7-10,13,15H,6H2,1-2H3,(H,30,33)(H,31,34)/t10-,13-,15?/m1/s1. The van der Waals surface area contributed by atoms with Crippen LogP contribution in [0.25, 0.3) is 11.4 Å². The number of nitrogens with zero attached hydrogens (tertiary/aromatic N) is 5. The summed E-state index contributed by atoms with van der Waals surface area (Å²) in [7, 11) is 1.55. The molecule has 2 N–H and O–H groups in total. The van der Waals surface area contributed by atoms with Crippen LogP contribution in [0.1, 0.15) is 25.0 Å². The minimum absolute atomic E-state index is 0.0987. The highest BCUT2D eigenvalue weighted by atomic mass is 19.4. The van der Waals surface area contributed by atoms with Gasteiger partial charge in [-0.2, -0.15) is 22.7 Å². The Morgan fingerprint density at radius 3 is 2.51 bits per heavy atom. The van der Waals surface area contributed by atoms with Crippen molar-refractivity contribution in [1.29, 1.82) is 0 Å². The Morgan fingerprint density at radius 2 is 1.89 bits per heavy atom. The van der Waals surface area contributed by atoms with E-state index in [1.54, 1.807) is 7.05 Å². The predicted molar refractivity (Wildman–Crippen MR) is 113 cm³/mol. The normalized spacial score (nSPS) is 18.0. The number of aryl methyl sites for hydroxylation is 1. The van der Waals surface area contributed by atoms with Crippen LogP contribution in [0.2, 0.25) is 0 Å². The number of alkyl halides is 3. The van der Waals surface area contributed by atoms with Crippen LogP contribution in [-0.2, 0) is 16.6 Å². The van der Waals surface area contributed by atoms with Crippen molar-refractivity contribution in [3.8, 4) is 11.4 Å². The van der Waals surface area contributed by atoms with Gasteiger partial charge in [0.25, 0.3) is 0 Å². The van der Waals surface area contributed by atoms with Crippen molar-refractivity contribution in [3.05, 3.63) is 48.4 Å². The van der Waals surface area contributed by atoms with Crippen LogP contribution >= 0.6 is 0 Å². The van der Waals surface area contributed by atoms with Gasteiger partial charge < -0.3 is 10.1 Å². The Balaban J connectivity index is 1.41.